The summed E-state index contributed by atoms with van der Waals surface area (Å²) in [4.78, 5) is 38.2. The van der Waals surface area contributed by atoms with Crippen LogP contribution in [0, 0.1) is 0 Å². The maximum Gasteiger partial charge on any atom is 0.265 e. The van der Waals surface area contributed by atoms with Crippen LogP contribution in [0.3, 0.4) is 0 Å². The average Bonchev–Trinajstić information content (AvgIpc) is 2.99. The minimum absolute atomic E-state index is 0.0478. The molecule has 1 fully saturated rings. The summed E-state index contributed by atoms with van der Waals surface area (Å²) in [6.07, 6.45) is 0.841. The van der Waals surface area contributed by atoms with E-state index in [1.54, 1.807) is 48.5 Å². The monoisotopic (exact) mass is 401 g/mol. The van der Waals surface area contributed by atoms with Crippen LogP contribution in [-0.2, 0) is 9.59 Å². The van der Waals surface area contributed by atoms with E-state index in [-0.39, 0.29) is 12.3 Å². The smallest absolute Gasteiger partial charge is 0.265 e. The number of carbonyl (C=O) groups is 3. The summed E-state index contributed by atoms with van der Waals surface area (Å²) in [5.74, 6) is -0.517. The van der Waals surface area contributed by atoms with E-state index in [1.165, 1.54) is 0 Å². The first-order chi connectivity index (χ1) is 13.5. The van der Waals surface area contributed by atoms with Gasteiger partial charge in [-0.15, -0.1) is 0 Å². The second kappa shape index (κ2) is 8.86. The number of hydrogen-bond acceptors (Lipinski definition) is 5. The Balaban J connectivity index is 1.61. The Bertz CT molecular complexity index is 868. The predicted octanol–water partition coefficient (Wildman–Crippen LogP) is 2.70. The van der Waals surface area contributed by atoms with Crippen molar-refractivity contribution in [2.45, 2.75) is 25.8 Å². The van der Waals surface area contributed by atoms with Crippen LogP contribution in [0.15, 0.2) is 48.5 Å². The standard InChI is InChI=1S/C20H20ClN3O4/c1-2-11-28-16-9-7-15(8-10-16)24-18(25)12-17(20(24)27)22-23-19(26)13-3-5-14(21)6-4-13/h3-10,17,22H,2,11-12H2,1H3,(H,23,26). The summed E-state index contributed by atoms with van der Waals surface area (Å²) in [5.41, 5.74) is 5.96. The van der Waals surface area contributed by atoms with Gasteiger partial charge in [-0.05, 0) is 55.0 Å². The molecule has 1 aliphatic rings. The molecule has 1 atom stereocenters. The molecule has 7 nitrogen and oxygen atoms in total. The van der Waals surface area contributed by atoms with E-state index in [0.29, 0.717) is 28.6 Å². The van der Waals surface area contributed by atoms with Crippen LogP contribution in [0.4, 0.5) is 5.69 Å². The van der Waals surface area contributed by atoms with Gasteiger partial charge < -0.3 is 4.74 Å². The number of hydrazine groups is 1. The first-order valence-corrected chi connectivity index (χ1v) is 9.28. The van der Waals surface area contributed by atoms with Crippen LogP contribution < -0.4 is 20.5 Å². The van der Waals surface area contributed by atoms with Gasteiger partial charge in [0.2, 0.25) is 5.91 Å². The minimum Gasteiger partial charge on any atom is -0.494 e. The number of ether oxygens (including phenoxy) is 1. The van der Waals surface area contributed by atoms with Crippen LogP contribution in [0.25, 0.3) is 0 Å². The number of imide groups is 1. The summed E-state index contributed by atoms with van der Waals surface area (Å²) in [5, 5.41) is 0.517. The summed E-state index contributed by atoms with van der Waals surface area (Å²) < 4.78 is 5.51. The summed E-state index contributed by atoms with van der Waals surface area (Å²) >= 11 is 5.80. The van der Waals surface area contributed by atoms with E-state index in [0.717, 1.165) is 11.3 Å². The second-order valence-corrected chi connectivity index (χ2v) is 6.71. The highest BCUT2D eigenvalue weighted by atomic mass is 35.5. The number of anilines is 1. The Morgan fingerprint density at radius 1 is 1.14 bits per heavy atom. The number of rotatable bonds is 7. The van der Waals surface area contributed by atoms with Crippen molar-refractivity contribution in [1.82, 2.24) is 10.9 Å². The quantitative estimate of drug-likeness (QED) is 0.550. The molecule has 0 aromatic heterocycles. The SMILES string of the molecule is CCCOc1ccc(N2C(=O)CC(NNC(=O)c3ccc(Cl)cc3)C2=O)cc1. The molecule has 0 radical (unpaired) electrons. The van der Waals surface area contributed by atoms with Crippen molar-refractivity contribution in [2.75, 3.05) is 11.5 Å². The Morgan fingerprint density at radius 2 is 1.82 bits per heavy atom. The van der Waals surface area contributed by atoms with Crippen molar-refractivity contribution in [3.63, 3.8) is 0 Å². The number of hydrogen-bond donors (Lipinski definition) is 2. The molecular weight excluding hydrogens is 382 g/mol. The Hall–Kier alpha value is -2.90. The minimum atomic E-state index is -0.834. The topological polar surface area (TPSA) is 87.7 Å². The van der Waals surface area contributed by atoms with E-state index < -0.39 is 17.9 Å². The van der Waals surface area contributed by atoms with Crippen LogP contribution in [0.1, 0.15) is 30.1 Å². The lowest BCUT2D eigenvalue weighted by Crippen LogP contribution is -2.48. The molecule has 2 N–H and O–H groups in total. The fourth-order valence-electron chi connectivity index (χ4n) is 2.75. The van der Waals surface area contributed by atoms with Crippen molar-refractivity contribution in [2.24, 2.45) is 0 Å². The molecule has 1 heterocycles. The maximum atomic E-state index is 12.6. The lowest BCUT2D eigenvalue weighted by Gasteiger charge is -2.16. The zero-order chi connectivity index (χ0) is 20.1. The van der Waals surface area contributed by atoms with Crippen LogP contribution in [0.5, 0.6) is 5.75 Å². The number of nitrogens with one attached hydrogen (secondary N) is 2. The molecule has 28 heavy (non-hydrogen) atoms. The van der Waals surface area contributed by atoms with Crippen LogP contribution in [-0.4, -0.2) is 30.4 Å². The fraction of sp³-hybridized carbons (Fsp3) is 0.250. The van der Waals surface area contributed by atoms with Gasteiger partial charge in [0.1, 0.15) is 11.8 Å². The molecule has 3 amide bonds. The normalized spacial score (nSPS) is 16.4. The second-order valence-electron chi connectivity index (χ2n) is 6.27. The maximum absolute atomic E-state index is 12.6. The van der Waals surface area contributed by atoms with Gasteiger partial charge in [0.05, 0.1) is 18.7 Å². The molecule has 0 aliphatic carbocycles. The molecule has 1 saturated heterocycles. The Kier molecular flexibility index (Phi) is 6.28. The first-order valence-electron chi connectivity index (χ1n) is 8.90. The third-order valence-electron chi connectivity index (χ3n) is 4.18. The fourth-order valence-corrected chi connectivity index (χ4v) is 2.88. The first kappa shape index (κ1) is 19.9. The van der Waals surface area contributed by atoms with Crippen molar-refractivity contribution in [1.29, 1.82) is 0 Å². The molecule has 2 aromatic carbocycles. The van der Waals surface area contributed by atoms with Gasteiger partial charge in [-0.2, -0.15) is 0 Å². The number of nitrogens with zero attached hydrogens (tertiary/aromatic N) is 1. The third-order valence-corrected chi connectivity index (χ3v) is 4.43. The Morgan fingerprint density at radius 3 is 2.46 bits per heavy atom. The molecule has 146 valence electrons. The number of benzene rings is 2. The van der Waals surface area contributed by atoms with Gasteiger partial charge in [-0.1, -0.05) is 18.5 Å². The number of halogens is 1. The molecule has 0 bridgehead atoms. The summed E-state index contributed by atoms with van der Waals surface area (Å²) in [6, 6.07) is 12.2. The van der Waals surface area contributed by atoms with Crippen molar-refractivity contribution in [3.8, 4) is 5.75 Å². The van der Waals surface area contributed by atoms with E-state index in [4.69, 9.17) is 16.3 Å². The van der Waals surface area contributed by atoms with Gasteiger partial charge in [-0.25, -0.2) is 10.3 Å². The van der Waals surface area contributed by atoms with Crippen LogP contribution in [0.2, 0.25) is 5.02 Å². The van der Waals surface area contributed by atoms with E-state index >= 15 is 0 Å². The van der Waals surface area contributed by atoms with E-state index in [9.17, 15) is 14.4 Å². The number of carbonyl (C=O) groups excluding carboxylic acids is 3. The summed E-state index contributed by atoms with van der Waals surface area (Å²) in [7, 11) is 0. The summed E-state index contributed by atoms with van der Waals surface area (Å²) in [6.45, 7) is 2.61. The average molecular weight is 402 g/mol. The third kappa shape index (κ3) is 4.49. The van der Waals surface area contributed by atoms with Gasteiger partial charge in [-0.3, -0.25) is 19.8 Å². The van der Waals surface area contributed by atoms with Crippen molar-refractivity contribution in [3.05, 3.63) is 59.1 Å². The van der Waals surface area contributed by atoms with Crippen LogP contribution >= 0.6 is 11.6 Å². The van der Waals surface area contributed by atoms with Crippen molar-refractivity contribution >= 4 is 35.0 Å². The molecule has 0 saturated carbocycles. The zero-order valence-corrected chi connectivity index (χ0v) is 16.0. The van der Waals surface area contributed by atoms with Gasteiger partial charge in [0.15, 0.2) is 0 Å². The van der Waals surface area contributed by atoms with Gasteiger partial charge in [0, 0.05) is 10.6 Å². The highest BCUT2D eigenvalue weighted by molar-refractivity contribution is 6.30. The molecule has 8 heteroatoms. The largest absolute Gasteiger partial charge is 0.494 e. The van der Waals surface area contributed by atoms with Gasteiger partial charge >= 0.3 is 0 Å². The van der Waals surface area contributed by atoms with Crippen molar-refractivity contribution < 1.29 is 19.1 Å². The lowest BCUT2D eigenvalue weighted by atomic mass is 10.2. The van der Waals surface area contributed by atoms with Gasteiger partial charge in [0.25, 0.3) is 11.8 Å². The highest BCUT2D eigenvalue weighted by Crippen LogP contribution is 2.25. The molecule has 3 rings (SSSR count). The molecule has 2 aromatic rings. The predicted molar refractivity (Wildman–Crippen MR) is 105 cm³/mol. The molecule has 1 aliphatic heterocycles. The Labute approximate surface area is 167 Å². The lowest BCUT2D eigenvalue weighted by molar-refractivity contribution is -0.121. The zero-order valence-electron chi connectivity index (χ0n) is 15.3. The van der Waals surface area contributed by atoms with E-state index in [2.05, 4.69) is 10.9 Å². The molecule has 1 unspecified atom stereocenters. The molecular formula is C20H20ClN3O4. The van der Waals surface area contributed by atoms with E-state index in [1.807, 2.05) is 6.92 Å². The number of amides is 3. The highest BCUT2D eigenvalue weighted by Gasteiger charge is 2.39. The molecule has 0 spiro atoms.